The van der Waals surface area contributed by atoms with Gasteiger partial charge in [-0.15, -0.1) is 11.8 Å². The van der Waals surface area contributed by atoms with Crippen LogP contribution in [0.4, 0.5) is 8.78 Å². The van der Waals surface area contributed by atoms with Gasteiger partial charge in [0, 0.05) is 10.9 Å². The smallest absolute Gasteiger partial charge is 0.126 e. The molecule has 0 spiro atoms. The molecule has 0 saturated carbocycles. The second-order valence-electron chi connectivity index (χ2n) is 4.52. The summed E-state index contributed by atoms with van der Waals surface area (Å²) < 4.78 is 27.0. The Labute approximate surface area is 122 Å². The van der Waals surface area contributed by atoms with Crippen LogP contribution in [0.2, 0.25) is 0 Å². The van der Waals surface area contributed by atoms with E-state index in [4.69, 9.17) is 0 Å². The molecule has 106 valence electrons. The molecule has 0 radical (unpaired) electrons. The van der Waals surface area contributed by atoms with Crippen LogP contribution in [0.5, 0.6) is 0 Å². The molecule has 4 heteroatoms. The van der Waals surface area contributed by atoms with Crippen LogP contribution in [0, 0.1) is 11.6 Å². The van der Waals surface area contributed by atoms with Crippen LogP contribution in [0.15, 0.2) is 47.4 Å². The molecule has 0 bridgehead atoms. The van der Waals surface area contributed by atoms with E-state index >= 15 is 0 Å². The molecule has 1 unspecified atom stereocenters. The van der Waals surface area contributed by atoms with Crippen molar-refractivity contribution in [3.63, 3.8) is 0 Å². The molecule has 0 saturated heterocycles. The predicted molar refractivity (Wildman–Crippen MR) is 80.1 cm³/mol. The van der Waals surface area contributed by atoms with Gasteiger partial charge in [0.2, 0.25) is 0 Å². The number of likely N-dealkylation sites (N-methyl/N-ethyl adjacent to an activating group) is 1. The summed E-state index contributed by atoms with van der Waals surface area (Å²) >= 11 is 1.65. The number of hydrogen-bond donors (Lipinski definition) is 1. The van der Waals surface area contributed by atoms with Gasteiger partial charge in [-0.1, -0.05) is 18.2 Å². The average Bonchev–Trinajstić information content (AvgIpc) is 2.48. The van der Waals surface area contributed by atoms with Gasteiger partial charge in [-0.3, -0.25) is 0 Å². The van der Waals surface area contributed by atoms with Crippen LogP contribution in [-0.4, -0.2) is 13.3 Å². The molecule has 0 fully saturated rings. The predicted octanol–water partition coefficient (Wildman–Crippen LogP) is 4.19. The Bertz CT molecular complexity index is 586. The van der Waals surface area contributed by atoms with Crippen molar-refractivity contribution in [1.29, 1.82) is 0 Å². The van der Waals surface area contributed by atoms with E-state index in [-0.39, 0.29) is 11.9 Å². The van der Waals surface area contributed by atoms with E-state index in [0.29, 0.717) is 12.0 Å². The van der Waals surface area contributed by atoms with E-state index in [9.17, 15) is 8.78 Å². The zero-order chi connectivity index (χ0) is 14.5. The molecular formula is C16H17F2NS. The lowest BCUT2D eigenvalue weighted by atomic mass is 9.98. The molecule has 0 heterocycles. The van der Waals surface area contributed by atoms with Crippen molar-refractivity contribution in [2.45, 2.75) is 17.4 Å². The summed E-state index contributed by atoms with van der Waals surface area (Å²) in [5, 5.41) is 3.19. The minimum absolute atomic E-state index is 0.0463. The fourth-order valence-corrected chi connectivity index (χ4v) is 2.90. The SMILES string of the molecule is CNC(Cc1cc(F)ccc1F)c1ccccc1SC. The van der Waals surface area contributed by atoms with Crippen molar-refractivity contribution in [3.05, 3.63) is 65.2 Å². The maximum atomic E-state index is 13.8. The van der Waals surface area contributed by atoms with Gasteiger partial charge in [0.05, 0.1) is 0 Å². The summed E-state index contributed by atoms with van der Waals surface area (Å²) in [5.74, 6) is -0.775. The van der Waals surface area contributed by atoms with E-state index in [1.807, 2.05) is 37.6 Å². The first-order valence-electron chi connectivity index (χ1n) is 6.39. The Hall–Kier alpha value is -1.39. The van der Waals surface area contributed by atoms with Crippen molar-refractivity contribution in [3.8, 4) is 0 Å². The van der Waals surface area contributed by atoms with Crippen molar-refractivity contribution < 1.29 is 8.78 Å². The van der Waals surface area contributed by atoms with Gasteiger partial charge < -0.3 is 5.32 Å². The van der Waals surface area contributed by atoms with Crippen molar-refractivity contribution in [1.82, 2.24) is 5.32 Å². The Morgan fingerprint density at radius 3 is 2.60 bits per heavy atom. The first-order chi connectivity index (χ1) is 9.65. The lowest BCUT2D eigenvalue weighted by Crippen LogP contribution is -2.20. The van der Waals surface area contributed by atoms with E-state index in [1.165, 1.54) is 12.1 Å². The van der Waals surface area contributed by atoms with Gasteiger partial charge in [0.1, 0.15) is 11.6 Å². The monoisotopic (exact) mass is 293 g/mol. The largest absolute Gasteiger partial charge is 0.313 e. The summed E-state index contributed by atoms with van der Waals surface area (Å²) in [6, 6.07) is 11.5. The fraction of sp³-hybridized carbons (Fsp3) is 0.250. The van der Waals surface area contributed by atoms with Gasteiger partial charge >= 0.3 is 0 Å². The zero-order valence-electron chi connectivity index (χ0n) is 11.5. The van der Waals surface area contributed by atoms with Crippen LogP contribution < -0.4 is 5.32 Å². The van der Waals surface area contributed by atoms with E-state index in [2.05, 4.69) is 5.32 Å². The van der Waals surface area contributed by atoms with Crippen molar-refractivity contribution in [2.75, 3.05) is 13.3 Å². The number of nitrogens with one attached hydrogen (secondary N) is 1. The standard InChI is InChI=1S/C16H17F2NS/c1-19-15(13-5-3-4-6-16(13)20-2)10-11-9-12(17)7-8-14(11)18/h3-9,15,19H,10H2,1-2H3. The molecule has 2 rings (SSSR count). The quantitative estimate of drug-likeness (QED) is 0.830. The Kier molecular flexibility index (Phi) is 5.15. The molecule has 0 aliphatic carbocycles. The molecule has 0 aliphatic rings. The summed E-state index contributed by atoms with van der Waals surface area (Å²) in [4.78, 5) is 1.14. The van der Waals surface area contributed by atoms with Gasteiger partial charge in [0.25, 0.3) is 0 Å². The molecule has 0 aromatic heterocycles. The Morgan fingerprint density at radius 2 is 1.90 bits per heavy atom. The van der Waals surface area contributed by atoms with E-state index in [1.54, 1.807) is 11.8 Å². The molecule has 0 aliphatic heterocycles. The summed E-state index contributed by atoms with van der Waals surface area (Å²) in [6.07, 6.45) is 2.42. The third-order valence-electron chi connectivity index (χ3n) is 3.29. The highest BCUT2D eigenvalue weighted by atomic mass is 32.2. The summed E-state index contributed by atoms with van der Waals surface area (Å²) in [6.45, 7) is 0. The topological polar surface area (TPSA) is 12.0 Å². The lowest BCUT2D eigenvalue weighted by molar-refractivity contribution is 0.539. The van der Waals surface area contributed by atoms with Crippen LogP contribution >= 0.6 is 11.8 Å². The number of benzene rings is 2. The highest BCUT2D eigenvalue weighted by Gasteiger charge is 2.16. The number of halogens is 2. The molecule has 2 aromatic rings. The van der Waals surface area contributed by atoms with Crippen LogP contribution in [0.25, 0.3) is 0 Å². The van der Waals surface area contributed by atoms with E-state index < -0.39 is 5.82 Å². The highest BCUT2D eigenvalue weighted by Crippen LogP contribution is 2.28. The molecule has 0 amide bonds. The van der Waals surface area contributed by atoms with Gasteiger partial charge in [-0.05, 0) is 55.1 Å². The summed E-state index contributed by atoms with van der Waals surface area (Å²) in [5.41, 5.74) is 1.49. The molecule has 20 heavy (non-hydrogen) atoms. The number of hydrogen-bond acceptors (Lipinski definition) is 2. The Morgan fingerprint density at radius 1 is 1.15 bits per heavy atom. The third kappa shape index (κ3) is 3.38. The highest BCUT2D eigenvalue weighted by molar-refractivity contribution is 7.98. The third-order valence-corrected chi connectivity index (χ3v) is 4.11. The number of thioether (sulfide) groups is 1. The molecule has 1 atom stereocenters. The number of rotatable bonds is 5. The molecule has 1 N–H and O–H groups in total. The first kappa shape index (κ1) is 15.0. The van der Waals surface area contributed by atoms with Gasteiger partial charge in [0.15, 0.2) is 0 Å². The van der Waals surface area contributed by atoms with Crippen molar-refractivity contribution >= 4 is 11.8 Å². The first-order valence-corrected chi connectivity index (χ1v) is 7.62. The normalized spacial score (nSPS) is 12.4. The molecular weight excluding hydrogens is 276 g/mol. The zero-order valence-corrected chi connectivity index (χ0v) is 12.3. The molecule has 2 aromatic carbocycles. The average molecular weight is 293 g/mol. The van der Waals surface area contributed by atoms with Crippen LogP contribution in [-0.2, 0) is 6.42 Å². The van der Waals surface area contributed by atoms with Gasteiger partial charge in [-0.25, -0.2) is 8.78 Å². The minimum Gasteiger partial charge on any atom is -0.313 e. The Balaban J connectivity index is 2.31. The minimum atomic E-state index is -0.408. The van der Waals surface area contributed by atoms with Crippen LogP contribution in [0.3, 0.4) is 0 Å². The van der Waals surface area contributed by atoms with Crippen LogP contribution in [0.1, 0.15) is 17.2 Å². The second-order valence-corrected chi connectivity index (χ2v) is 5.37. The van der Waals surface area contributed by atoms with Gasteiger partial charge in [-0.2, -0.15) is 0 Å². The fourth-order valence-electron chi connectivity index (χ4n) is 2.24. The summed E-state index contributed by atoms with van der Waals surface area (Å²) in [7, 11) is 1.83. The van der Waals surface area contributed by atoms with Crippen molar-refractivity contribution in [2.24, 2.45) is 0 Å². The second kappa shape index (κ2) is 6.86. The maximum absolute atomic E-state index is 13.8. The molecule has 1 nitrogen and oxygen atoms in total. The lowest BCUT2D eigenvalue weighted by Gasteiger charge is -2.19. The van der Waals surface area contributed by atoms with E-state index in [0.717, 1.165) is 16.5 Å². The maximum Gasteiger partial charge on any atom is 0.126 e.